The molecule has 2 aromatic heterocycles. The molecule has 0 saturated heterocycles. The Morgan fingerprint density at radius 1 is 1.56 bits per heavy atom. The van der Waals surface area contributed by atoms with Crippen molar-refractivity contribution in [1.82, 2.24) is 14.8 Å². The van der Waals surface area contributed by atoms with Crippen LogP contribution in [0.5, 0.6) is 0 Å². The van der Waals surface area contributed by atoms with Gasteiger partial charge in [0, 0.05) is 6.54 Å². The Kier molecular flexibility index (Phi) is 2.67. The largest absolute Gasteiger partial charge is 0.433 e. The minimum atomic E-state index is -0.579. The maximum atomic E-state index is 10.5. The molecule has 2 heterocycles. The summed E-state index contributed by atoms with van der Waals surface area (Å²) in [6, 6.07) is 2.83. The van der Waals surface area contributed by atoms with Crippen LogP contribution in [-0.4, -0.2) is 19.7 Å². The Morgan fingerprint density at radius 2 is 2.38 bits per heavy atom. The number of aromatic nitrogens is 3. The summed E-state index contributed by atoms with van der Waals surface area (Å²) >= 11 is 0. The lowest BCUT2D eigenvalue weighted by Crippen LogP contribution is -1.97. The van der Waals surface area contributed by atoms with Gasteiger partial charge in [0.15, 0.2) is 11.6 Å². The zero-order valence-electron chi connectivity index (χ0n) is 8.66. The van der Waals surface area contributed by atoms with Crippen molar-refractivity contribution >= 4 is 5.88 Å². The van der Waals surface area contributed by atoms with Crippen LogP contribution < -0.4 is 0 Å². The van der Waals surface area contributed by atoms with Gasteiger partial charge in [-0.1, -0.05) is 6.92 Å². The smallest absolute Gasteiger partial charge is 0.397 e. The molecular weight excluding hydrogens is 212 g/mol. The van der Waals surface area contributed by atoms with Gasteiger partial charge in [-0.2, -0.15) is 0 Å². The molecule has 7 heteroatoms. The summed E-state index contributed by atoms with van der Waals surface area (Å²) in [5, 5.41) is 18.1. The third-order valence-corrected chi connectivity index (χ3v) is 2.07. The van der Waals surface area contributed by atoms with E-state index in [1.54, 1.807) is 10.9 Å². The van der Waals surface area contributed by atoms with Gasteiger partial charge in [0.1, 0.15) is 11.3 Å². The lowest BCUT2D eigenvalue weighted by molar-refractivity contribution is -0.401. The standard InChI is InChI=1S/C9H10N4O3/c1-2-5-12-6-10-11-9(12)7-3-4-8(16-7)13(14)15/h3-4,6H,2,5H2,1H3. The first kappa shape index (κ1) is 10.3. The lowest BCUT2D eigenvalue weighted by Gasteiger charge is -2.00. The van der Waals surface area contributed by atoms with Crippen molar-refractivity contribution < 1.29 is 9.34 Å². The van der Waals surface area contributed by atoms with Gasteiger partial charge in [-0.15, -0.1) is 10.2 Å². The minimum absolute atomic E-state index is 0.291. The van der Waals surface area contributed by atoms with Crippen molar-refractivity contribution in [2.24, 2.45) is 0 Å². The summed E-state index contributed by atoms with van der Waals surface area (Å²) < 4.78 is 6.85. The molecule has 0 atom stereocenters. The fourth-order valence-electron chi connectivity index (χ4n) is 1.40. The summed E-state index contributed by atoms with van der Waals surface area (Å²) in [5.41, 5.74) is 0. The Morgan fingerprint density at radius 3 is 3.00 bits per heavy atom. The highest BCUT2D eigenvalue weighted by Gasteiger charge is 2.16. The third-order valence-electron chi connectivity index (χ3n) is 2.07. The molecule has 16 heavy (non-hydrogen) atoms. The molecular formula is C9H10N4O3. The molecule has 0 unspecified atom stereocenters. The van der Waals surface area contributed by atoms with Crippen LogP contribution in [0.2, 0.25) is 0 Å². The molecule has 0 spiro atoms. The molecule has 2 rings (SSSR count). The van der Waals surface area contributed by atoms with Crippen LogP contribution in [-0.2, 0) is 6.54 Å². The van der Waals surface area contributed by atoms with E-state index in [1.165, 1.54) is 12.1 Å². The van der Waals surface area contributed by atoms with E-state index in [9.17, 15) is 10.1 Å². The Balaban J connectivity index is 2.34. The third kappa shape index (κ3) is 1.79. The molecule has 84 valence electrons. The van der Waals surface area contributed by atoms with Crippen molar-refractivity contribution in [3.8, 4) is 11.6 Å². The van der Waals surface area contributed by atoms with E-state index >= 15 is 0 Å². The second kappa shape index (κ2) is 4.13. The second-order valence-corrected chi connectivity index (χ2v) is 3.24. The van der Waals surface area contributed by atoms with Crippen molar-refractivity contribution in [2.75, 3.05) is 0 Å². The molecule has 7 nitrogen and oxygen atoms in total. The first-order chi connectivity index (χ1) is 7.72. The monoisotopic (exact) mass is 222 g/mol. The average molecular weight is 222 g/mol. The summed E-state index contributed by atoms with van der Waals surface area (Å²) in [4.78, 5) is 9.88. The van der Waals surface area contributed by atoms with E-state index in [2.05, 4.69) is 10.2 Å². The van der Waals surface area contributed by atoms with Crippen molar-refractivity contribution in [3.05, 3.63) is 28.6 Å². The van der Waals surface area contributed by atoms with Crippen molar-refractivity contribution in [1.29, 1.82) is 0 Å². The van der Waals surface area contributed by atoms with Gasteiger partial charge in [-0.05, 0) is 12.5 Å². The maximum Gasteiger partial charge on any atom is 0.433 e. The molecule has 0 radical (unpaired) electrons. The summed E-state index contributed by atoms with van der Waals surface area (Å²) in [5.74, 6) is 0.577. The zero-order valence-corrected chi connectivity index (χ0v) is 8.66. The van der Waals surface area contributed by atoms with Crippen LogP contribution in [0, 0.1) is 10.1 Å². The normalized spacial score (nSPS) is 10.6. The van der Waals surface area contributed by atoms with Gasteiger partial charge in [0.2, 0.25) is 0 Å². The Hall–Kier alpha value is -2.18. The van der Waals surface area contributed by atoms with Gasteiger partial charge in [-0.25, -0.2) is 0 Å². The van der Waals surface area contributed by atoms with Crippen LogP contribution in [0.25, 0.3) is 11.6 Å². The quantitative estimate of drug-likeness (QED) is 0.582. The highest BCUT2D eigenvalue weighted by Crippen LogP contribution is 2.24. The topological polar surface area (TPSA) is 87.0 Å². The first-order valence-electron chi connectivity index (χ1n) is 4.84. The number of aryl methyl sites for hydroxylation is 1. The summed E-state index contributed by atoms with van der Waals surface area (Å²) in [6.07, 6.45) is 2.50. The number of rotatable bonds is 4. The molecule has 0 fully saturated rings. The van der Waals surface area contributed by atoms with E-state index in [1.807, 2.05) is 6.92 Å². The summed E-state index contributed by atoms with van der Waals surface area (Å²) in [7, 11) is 0. The molecule has 0 aliphatic rings. The van der Waals surface area contributed by atoms with Crippen LogP contribution in [0.15, 0.2) is 22.9 Å². The molecule has 0 saturated carbocycles. The predicted molar refractivity (Wildman–Crippen MR) is 54.7 cm³/mol. The fraction of sp³-hybridized carbons (Fsp3) is 0.333. The number of nitro groups is 1. The van der Waals surface area contributed by atoms with E-state index < -0.39 is 4.92 Å². The van der Waals surface area contributed by atoms with Crippen LogP contribution in [0.1, 0.15) is 13.3 Å². The van der Waals surface area contributed by atoms with E-state index in [4.69, 9.17) is 4.42 Å². The first-order valence-corrected chi connectivity index (χ1v) is 4.84. The molecule has 0 bridgehead atoms. The van der Waals surface area contributed by atoms with Gasteiger partial charge in [0.25, 0.3) is 0 Å². The lowest BCUT2D eigenvalue weighted by atomic mass is 10.4. The Bertz CT molecular complexity index is 502. The molecule has 0 aliphatic carbocycles. The van der Waals surface area contributed by atoms with E-state index in [0.29, 0.717) is 11.6 Å². The maximum absolute atomic E-state index is 10.5. The molecule has 0 amide bonds. The van der Waals surface area contributed by atoms with Crippen molar-refractivity contribution in [3.63, 3.8) is 0 Å². The molecule has 0 aromatic carbocycles. The molecule has 0 aliphatic heterocycles. The van der Waals surface area contributed by atoms with E-state index in [-0.39, 0.29) is 5.88 Å². The second-order valence-electron chi connectivity index (χ2n) is 3.24. The fourth-order valence-corrected chi connectivity index (χ4v) is 1.40. The zero-order chi connectivity index (χ0) is 11.5. The van der Waals surface area contributed by atoms with Crippen LogP contribution in [0.4, 0.5) is 5.88 Å². The SMILES string of the molecule is CCCn1cnnc1-c1ccc([N+](=O)[O-])o1. The summed E-state index contributed by atoms with van der Waals surface area (Å²) in [6.45, 7) is 2.77. The van der Waals surface area contributed by atoms with Crippen LogP contribution in [0.3, 0.4) is 0 Å². The highest BCUT2D eigenvalue weighted by molar-refractivity contribution is 5.48. The number of hydrogen-bond donors (Lipinski definition) is 0. The predicted octanol–water partition coefficient (Wildman–Crippen LogP) is 1.86. The van der Waals surface area contributed by atoms with E-state index in [0.717, 1.165) is 13.0 Å². The average Bonchev–Trinajstić information content (AvgIpc) is 2.84. The van der Waals surface area contributed by atoms with Gasteiger partial charge < -0.3 is 8.98 Å². The number of nitrogens with zero attached hydrogens (tertiary/aromatic N) is 4. The molecule has 0 N–H and O–H groups in total. The van der Waals surface area contributed by atoms with Gasteiger partial charge in [0.05, 0.1) is 6.07 Å². The minimum Gasteiger partial charge on any atom is -0.397 e. The van der Waals surface area contributed by atoms with Gasteiger partial charge >= 0.3 is 5.88 Å². The highest BCUT2D eigenvalue weighted by atomic mass is 16.6. The van der Waals surface area contributed by atoms with Crippen molar-refractivity contribution in [2.45, 2.75) is 19.9 Å². The number of hydrogen-bond acceptors (Lipinski definition) is 5. The van der Waals surface area contributed by atoms with Gasteiger partial charge in [-0.3, -0.25) is 10.1 Å². The Labute approximate surface area is 90.9 Å². The van der Waals surface area contributed by atoms with Crippen LogP contribution >= 0.6 is 0 Å². The molecule has 2 aromatic rings. The number of furan rings is 1.